The van der Waals surface area contributed by atoms with Crippen LogP contribution >= 0.6 is 0 Å². The molecule has 0 fully saturated rings. The molecule has 1 amide bonds. The van der Waals surface area contributed by atoms with E-state index < -0.39 is 0 Å². The quantitative estimate of drug-likeness (QED) is 0.701. The Morgan fingerprint density at radius 2 is 1.85 bits per heavy atom. The maximum Gasteiger partial charge on any atom is 0.244 e. The number of amides is 1. The van der Waals surface area contributed by atoms with Crippen molar-refractivity contribution in [2.75, 3.05) is 0 Å². The standard InChI is InChI=1S/C22H23N3O/c1-16(21-15-23-25(3)17(21)2)24-22(26)13-12-18-8-7-11-20(14-18)19-9-5-4-6-10-19/h4-16H,1-3H3,(H,24,26)/b13-12-/t16-/m0/s1. The second-order valence-electron chi connectivity index (χ2n) is 6.36. The number of rotatable bonds is 5. The summed E-state index contributed by atoms with van der Waals surface area (Å²) in [6.07, 6.45) is 5.21. The van der Waals surface area contributed by atoms with Gasteiger partial charge in [0.15, 0.2) is 0 Å². The maximum atomic E-state index is 12.2. The van der Waals surface area contributed by atoms with E-state index in [9.17, 15) is 4.79 Å². The number of nitrogens with zero attached hydrogens (tertiary/aromatic N) is 2. The SMILES string of the molecule is Cc1c([C@H](C)NC(=O)/C=C\c2cccc(-c3ccccc3)c2)cnn1C. The maximum absolute atomic E-state index is 12.2. The Bertz CT molecular complexity index is 926. The minimum Gasteiger partial charge on any atom is -0.346 e. The van der Waals surface area contributed by atoms with E-state index in [2.05, 4.69) is 34.7 Å². The van der Waals surface area contributed by atoms with Crippen LogP contribution < -0.4 is 5.32 Å². The molecule has 0 saturated heterocycles. The molecule has 1 N–H and O–H groups in total. The van der Waals surface area contributed by atoms with Gasteiger partial charge < -0.3 is 5.32 Å². The lowest BCUT2D eigenvalue weighted by atomic mass is 10.0. The third-order valence-electron chi connectivity index (χ3n) is 4.52. The highest BCUT2D eigenvalue weighted by Gasteiger charge is 2.13. The van der Waals surface area contributed by atoms with Gasteiger partial charge in [-0.3, -0.25) is 9.48 Å². The minimum atomic E-state index is -0.120. The van der Waals surface area contributed by atoms with E-state index >= 15 is 0 Å². The fraction of sp³-hybridized carbons (Fsp3) is 0.182. The van der Waals surface area contributed by atoms with Crippen LogP contribution in [0.15, 0.2) is 66.9 Å². The summed E-state index contributed by atoms with van der Waals surface area (Å²) in [6, 6.07) is 18.3. The number of hydrogen-bond donors (Lipinski definition) is 1. The zero-order valence-corrected chi connectivity index (χ0v) is 15.3. The normalized spacial score (nSPS) is 12.3. The number of hydrogen-bond acceptors (Lipinski definition) is 2. The number of carbonyl (C=O) groups is 1. The summed E-state index contributed by atoms with van der Waals surface area (Å²) in [5, 5.41) is 7.21. The predicted octanol–water partition coefficient (Wildman–Crippen LogP) is 4.29. The van der Waals surface area contributed by atoms with Gasteiger partial charge in [-0.25, -0.2) is 0 Å². The first-order chi connectivity index (χ1) is 12.5. The van der Waals surface area contributed by atoms with Crippen LogP contribution in [0, 0.1) is 6.92 Å². The van der Waals surface area contributed by atoms with Crippen LogP contribution in [-0.4, -0.2) is 15.7 Å². The van der Waals surface area contributed by atoms with E-state index in [0.29, 0.717) is 0 Å². The molecule has 1 heterocycles. The molecule has 0 bridgehead atoms. The van der Waals surface area contributed by atoms with E-state index in [4.69, 9.17) is 0 Å². The van der Waals surface area contributed by atoms with Gasteiger partial charge in [-0.1, -0.05) is 48.5 Å². The first-order valence-electron chi connectivity index (χ1n) is 8.67. The molecule has 26 heavy (non-hydrogen) atoms. The molecule has 1 atom stereocenters. The van der Waals surface area contributed by atoms with Crippen LogP contribution in [-0.2, 0) is 11.8 Å². The highest BCUT2D eigenvalue weighted by atomic mass is 16.1. The predicted molar refractivity (Wildman–Crippen MR) is 105 cm³/mol. The molecule has 0 radical (unpaired) electrons. The summed E-state index contributed by atoms with van der Waals surface area (Å²) in [5.74, 6) is -0.120. The van der Waals surface area contributed by atoms with Gasteiger partial charge in [0.25, 0.3) is 0 Å². The smallest absolute Gasteiger partial charge is 0.244 e. The second kappa shape index (κ2) is 7.83. The molecule has 0 aliphatic heterocycles. The van der Waals surface area contributed by atoms with E-state index in [1.165, 1.54) is 0 Å². The lowest BCUT2D eigenvalue weighted by molar-refractivity contribution is -0.117. The average molecular weight is 345 g/mol. The number of benzene rings is 2. The van der Waals surface area contributed by atoms with Crippen molar-refractivity contribution < 1.29 is 4.79 Å². The first-order valence-corrected chi connectivity index (χ1v) is 8.67. The second-order valence-corrected chi connectivity index (χ2v) is 6.36. The van der Waals surface area contributed by atoms with Crippen LogP contribution in [0.5, 0.6) is 0 Å². The third-order valence-corrected chi connectivity index (χ3v) is 4.52. The van der Waals surface area contributed by atoms with Gasteiger partial charge in [0, 0.05) is 24.4 Å². The Labute approximate surface area is 154 Å². The Hall–Kier alpha value is -3.14. The summed E-state index contributed by atoms with van der Waals surface area (Å²) in [4.78, 5) is 12.2. The molecule has 0 spiro atoms. The molecule has 0 aliphatic carbocycles. The van der Waals surface area contributed by atoms with E-state index in [1.807, 2.05) is 62.0 Å². The van der Waals surface area contributed by atoms with Gasteiger partial charge in [-0.05, 0) is 42.7 Å². The molecule has 3 aromatic rings. The number of aryl methyl sites for hydroxylation is 1. The van der Waals surface area contributed by atoms with Crippen LogP contribution in [0.4, 0.5) is 0 Å². The monoisotopic (exact) mass is 345 g/mol. The molecule has 0 unspecified atom stereocenters. The van der Waals surface area contributed by atoms with Crippen molar-refractivity contribution in [2.45, 2.75) is 19.9 Å². The zero-order valence-electron chi connectivity index (χ0n) is 15.3. The average Bonchev–Trinajstić information content (AvgIpc) is 3.00. The molecular formula is C22H23N3O. The molecule has 4 nitrogen and oxygen atoms in total. The van der Waals surface area contributed by atoms with Crippen LogP contribution in [0.1, 0.15) is 29.8 Å². The molecular weight excluding hydrogens is 322 g/mol. The van der Waals surface area contributed by atoms with Gasteiger partial charge in [-0.2, -0.15) is 5.10 Å². The summed E-state index contributed by atoms with van der Waals surface area (Å²) in [6.45, 7) is 3.96. The Balaban J connectivity index is 1.68. The van der Waals surface area contributed by atoms with Crippen LogP contribution in [0.25, 0.3) is 17.2 Å². The molecule has 132 valence electrons. The molecule has 0 aliphatic rings. The van der Waals surface area contributed by atoms with Gasteiger partial charge in [0.1, 0.15) is 0 Å². The van der Waals surface area contributed by atoms with E-state index in [-0.39, 0.29) is 11.9 Å². The lowest BCUT2D eigenvalue weighted by Crippen LogP contribution is -2.24. The Kier molecular flexibility index (Phi) is 5.32. The van der Waals surface area contributed by atoms with E-state index in [0.717, 1.165) is 27.9 Å². The van der Waals surface area contributed by atoms with E-state index in [1.54, 1.807) is 12.3 Å². The van der Waals surface area contributed by atoms with Crippen molar-refractivity contribution >= 4 is 12.0 Å². The number of carbonyl (C=O) groups excluding carboxylic acids is 1. The minimum absolute atomic E-state index is 0.0866. The summed E-state index contributed by atoms with van der Waals surface area (Å²) in [7, 11) is 1.90. The topological polar surface area (TPSA) is 46.9 Å². The van der Waals surface area contributed by atoms with Crippen molar-refractivity contribution in [2.24, 2.45) is 7.05 Å². The summed E-state index contributed by atoms with van der Waals surface area (Å²) in [5.41, 5.74) is 5.37. The van der Waals surface area contributed by atoms with Crippen molar-refractivity contribution in [3.63, 3.8) is 0 Å². The van der Waals surface area contributed by atoms with Gasteiger partial charge >= 0.3 is 0 Å². The molecule has 2 aromatic carbocycles. The molecule has 1 aromatic heterocycles. The summed E-state index contributed by atoms with van der Waals surface area (Å²) < 4.78 is 1.81. The highest BCUT2D eigenvalue weighted by Crippen LogP contribution is 2.20. The number of nitrogens with one attached hydrogen (secondary N) is 1. The first kappa shape index (κ1) is 17.7. The molecule has 3 rings (SSSR count). The lowest BCUT2D eigenvalue weighted by Gasteiger charge is -2.12. The highest BCUT2D eigenvalue weighted by molar-refractivity contribution is 5.92. The van der Waals surface area contributed by atoms with Gasteiger partial charge in [0.2, 0.25) is 5.91 Å². The Morgan fingerprint density at radius 1 is 1.12 bits per heavy atom. The molecule has 0 saturated carbocycles. The third kappa shape index (κ3) is 4.09. The Morgan fingerprint density at radius 3 is 2.54 bits per heavy atom. The van der Waals surface area contributed by atoms with Crippen molar-refractivity contribution in [1.82, 2.24) is 15.1 Å². The van der Waals surface area contributed by atoms with Crippen molar-refractivity contribution in [3.05, 3.63) is 83.7 Å². The molecule has 4 heteroatoms. The zero-order chi connectivity index (χ0) is 18.5. The fourth-order valence-electron chi connectivity index (χ4n) is 2.90. The van der Waals surface area contributed by atoms with Gasteiger partial charge in [-0.15, -0.1) is 0 Å². The fourth-order valence-corrected chi connectivity index (χ4v) is 2.90. The van der Waals surface area contributed by atoms with Crippen molar-refractivity contribution in [1.29, 1.82) is 0 Å². The van der Waals surface area contributed by atoms with Gasteiger partial charge in [0.05, 0.1) is 12.2 Å². The van der Waals surface area contributed by atoms with Crippen LogP contribution in [0.3, 0.4) is 0 Å². The van der Waals surface area contributed by atoms with Crippen molar-refractivity contribution in [3.8, 4) is 11.1 Å². The largest absolute Gasteiger partial charge is 0.346 e. The van der Waals surface area contributed by atoms with Crippen LogP contribution in [0.2, 0.25) is 0 Å². The summed E-state index contributed by atoms with van der Waals surface area (Å²) >= 11 is 0. The number of aromatic nitrogens is 2.